The third-order valence-electron chi connectivity index (χ3n) is 5.34. The van der Waals surface area contributed by atoms with Crippen molar-refractivity contribution in [2.45, 2.75) is 39.3 Å². The van der Waals surface area contributed by atoms with Crippen LogP contribution >= 0.6 is 12.2 Å². The van der Waals surface area contributed by atoms with Gasteiger partial charge < -0.3 is 20.1 Å². The van der Waals surface area contributed by atoms with E-state index in [4.69, 9.17) is 26.8 Å². The number of para-hydroxylation sites is 1. The smallest absolute Gasteiger partial charge is 0.170 e. The molecule has 0 spiro atoms. The normalized spacial score (nSPS) is 15.6. The molecule has 2 aromatic carbocycles. The van der Waals surface area contributed by atoms with Gasteiger partial charge in [0.05, 0.1) is 29.7 Å². The molecule has 1 aliphatic heterocycles. The molecule has 1 saturated heterocycles. The van der Waals surface area contributed by atoms with Gasteiger partial charge in [-0.3, -0.25) is 4.68 Å². The first-order valence-corrected chi connectivity index (χ1v) is 11.0. The van der Waals surface area contributed by atoms with Gasteiger partial charge in [-0.2, -0.15) is 5.10 Å². The highest BCUT2D eigenvalue weighted by atomic mass is 32.1. The third-order valence-corrected chi connectivity index (χ3v) is 5.59. The van der Waals surface area contributed by atoms with Crippen LogP contribution in [0.1, 0.15) is 29.8 Å². The Morgan fingerprint density at radius 1 is 1.16 bits per heavy atom. The molecule has 1 aromatic heterocycles. The number of benzene rings is 2. The number of nitrogens with one attached hydrogen (secondary N) is 2. The van der Waals surface area contributed by atoms with Gasteiger partial charge >= 0.3 is 0 Å². The average molecular weight is 437 g/mol. The molecule has 1 atom stereocenters. The maximum atomic E-state index is 5.96. The highest BCUT2D eigenvalue weighted by Crippen LogP contribution is 2.24. The molecule has 162 valence electrons. The van der Waals surface area contributed by atoms with E-state index in [2.05, 4.69) is 23.6 Å². The molecular formula is C24H28N4O2S. The monoisotopic (exact) mass is 436 g/mol. The lowest BCUT2D eigenvalue weighted by Gasteiger charge is -2.14. The lowest BCUT2D eigenvalue weighted by Crippen LogP contribution is -2.35. The number of ether oxygens (including phenoxy) is 2. The number of hydrogen-bond acceptors (Lipinski definition) is 4. The second kappa shape index (κ2) is 9.94. The molecule has 0 aliphatic carbocycles. The summed E-state index contributed by atoms with van der Waals surface area (Å²) in [6, 6.07) is 17.9. The first kappa shape index (κ1) is 21.3. The minimum atomic E-state index is 0.245. The third kappa shape index (κ3) is 5.62. The largest absolute Gasteiger partial charge is 0.457 e. The van der Waals surface area contributed by atoms with Crippen LogP contribution in [0.2, 0.25) is 0 Å². The Morgan fingerprint density at radius 3 is 2.74 bits per heavy atom. The zero-order chi connectivity index (χ0) is 21.6. The Labute approximate surface area is 188 Å². The summed E-state index contributed by atoms with van der Waals surface area (Å²) >= 11 is 5.48. The first-order valence-electron chi connectivity index (χ1n) is 10.6. The predicted octanol–water partition coefficient (Wildman–Crippen LogP) is 4.81. The van der Waals surface area contributed by atoms with Crippen molar-refractivity contribution < 1.29 is 9.47 Å². The number of hydrogen-bond donors (Lipinski definition) is 2. The van der Waals surface area contributed by atoms with Gasteiger partial charge in [-0.05, 0) is 68.7 Å². The second-order valence-electron chi connectivity index (χ2n) is 7.74. The zero-order valence-electron chi connectivity index (χ0n) is 17.9. The number of nitrogens with zero attached hydrogens (tertiary/aromatic N) is 2. The lowest BCUT2D eigenvalue weighted by atomic mass is 10.2. The molecule has 0 unspecified atom stereocenters. The lowest BCUT2D eigenvalue weighted by molar-refractivity contribution is 0.114. The highest BCUT2D eigenvalue weighted by Gasteiger charge is 2.17. The topological polar surface area (TPSA) is 60.3 Å². The van der Waals surface area contributed by atoms with Crippen LogP contribution in [0.15, 0.2) is 54.6 Å². The Hall–Kier alpha value is -2.90. The van der Waals surface area contributed by atoms with E-state index in [1.165, 1.54) is 0 Å². The average Bonchev–Trinajstić information content (AvgIpc) is 3.38. The van der Waals surface area contributed by atoms with Crippen LogP contribution < -0.4 is 15.4 Å². The van der Waals surface area contributed by atoms with E-state index in [1.807, 2.05) is 60.1 Å². The van der Waals surface area contributed by atoms with E-state index in [1.54, 1.807) is 0 Å². The molecule has 1 aliphatic rings. The predicted molar refractivity (Wildman–Crippen MR) is 127 cm³/mol. The van der Waals surface area contributed by atoms with Gasteiger partial charge in [0, 0.05) is 13.2 Å². The second-order valence-corrected chi connectivity index (χ2v) is 8.14. The van der Waals surface area contributed by atoms with Crippen molar-refractivity contribution in [3.8, 4) is 11.5 Å². The summed E-state index contributed by atoms with van der Waals surface area (Å²) in [5, 5.41) is 11.9. The van der Waals surface area contributed by atoms with Crippen molar-refractivity contribution in [3.63, 3.8) is 0 Å². The van der Waals surface area contributed by atoms with Gasteiger partial charge in [0.15, 0.2) is 5.11 Å². The highest BCUT2D eigenvalue weighted by molar-refractivity contribution is 7.80. The number of rotatable bonds is 7. The van der Waals surface area contributed by atoms with Crippen LogP contribution in [-0.2, 0) is 11.3 Å². The molecule has 2 heterocycles. The fraction of sp³-hybridized carbons (Fsp3) is 0.333. The Kier molecular flexibility index (Phi) is 6.84. The summed E-state index contributed by atoms with van der Waals surface area (Å²) < 4.78 is 13.6. The molecular weight excluding hydrogens is 408 g/mol. The van der Waals surface area contributed by atoms with E-state index in [0.717, 1.165) is 60.1 Å². The maximum Gasteiger partial charge on any atom is 0.170 e. The van der Waals surface area contributed by atoms with Crippen molar-refractivity contribution in [1.82, 2.24) is 15.1 Å². The van der Waals surface area contributed by atoms with E-state index < -0.39 is 0 Å². The fourth-order valence-corrected chi connectivity index (χ4v) is 3.89. The van der Waals surface area contributed by atoms with Gasteiger partial charge in [0.1, 0.15) is 11.5 Å². The SMILES string of the molecule is Cc1nn(Cc2cccc(Oc3ccccc3)c2)c(C)c1NC(=S)NC[C@H]1CCCO1. The summed E-state index contributed by atoms with van der Waals surface area (Å²) in [5.41, 5.74) is 4.01. The van der Waals surface area contributed by atoms with E-state index in [-0.39, 0.29) is 6.10 Å². The molecule has 7 heteroatoms. The molecule has 1 fully saturated rings. The van der Waals surface area contributed by atoms with Crippen LogP contribution in [-0.4, -0.2) is 34.1 Å². The van der Waals surface area contributed by atoms with Crippen molar-refractivity contribution >= 4 is 23.0 Å². The van der Waals surface area contributed by atoms with Crippen molar-refractivity contribution in [2.75, 3.05) is 18.5 Å². The molecule has 0 radical (unpaired) electrons. The Bertz CT molecular complexity index is 1030. The molecule has 0 bridgehead atoms. The molecule has 4 rings (SSSR count). The van der Waals surface area contributed by atoms with Crippen molar-refractivity contribution in [3.05, 3.63) is 71.5 Å². The molecule has 2 N–H and O–H groups in total. The van der Waals surface area contributed by atoms with Crippen molar-refractivity contribution in [2.24, 2.45) is 0 Å². The number of aromatic nitrogens is 2. The molecule has 6 nitrogen and oxygen atoms in total. The first-order chi connectivity index (χ1) is 15.1. The van der Waals surface area contributed by atoms with Crippen LogP contribution in [0.25, 0.3) is 0 Å². The van der Waals surface area contributed by atoms with Gasteiger partial charge in [-0.1, -0.05) is 30.3 Å². The number of thiocarbonyl (C=S) groups is 1. The van der Waals surface area contributed by atoms with Crippen LogP contribution in [0.3, 0.4) is 0 Å². The Balaban J connectivity index is 1.40. The van der Waals surface area contributed by atoms with E-state index >= 15 is 0 Å². The summed E-state index contributed by atoms with van der Waals surface area (Å²) in [7, 11) is 0. The molecule has 31 heavy (non-hydrogen) atoms. The minimum Gasteiger partial charge on any atom is -0.457 e. The summed E-state index contributed by atoms with van der Waals surface area (Å²) in [6.07, 6.45) is 2.45. The van der Waals surface area contributed by atoms with Crippen LogP contribution in [0.4, 0.5) is 5.69 Å². The van der Waals surface area contributed by atoms with Gasteiger partial charge in [-0.15, -0.1) is 0 Å². The number of anilines is 1. The van der Waals surface area contributed by atoms with Crippen LogP contribution in [0, 0.1) is 13.8 Å². The molecule has 3 aromatic rings. The van der Waals surface area contributed by atoms with E-state index in [0.29, 0.717) is 11.7 Å². The van der Waals surface area contributed by atoms with E-state index in [9.17, 15) is 0 Å². The summed E-state index contributed by atoms with van der Waals surface area (Å²) in [4.78, 5) is 0. The van der Waals surface area contributed by atoms with Gasteiger partial charge in [0.25, 0.3) is 0 Å². The molecule has 0 saturated carbocycles. The zero-order valence-corrected chi connectivity index (χ0v) is 18.7. The summed E-state index contributed by atoms with van der Waals surface area (Å²) in [5.74, 6) is 1.63. The fourth-order valence-electron chi connectivity index (χ4n) is 3.71. The maximum absolute atomic E-state index is 5.96. The number of aryl methyl sites for hydroxylation is 1. The van der Waals surface area contributed by atoms with Crippen LogP contribution in [0.5, 0.6) is 11.5 Å². The van der Waals surface area contributed by atoms with Gasteiger partial charge in [0.2, 0.25) is 0 Å². The quantitative estimate of drug-likeness (QED) is 0.519. The minimum absolute atomic E-state index is 0.245. The standard InChI is InChI=1S/C24H28N4O2S/c1-17-23(26-24(31)25-15-22-12-7-13-29-22)18(2)28(27-17)16-19-8-6-11-21(14-19)30-20-9-4-3-5-10-20/h3-6,8-11,14,22H,7,12-13,15-16H2,1-2H3,(H2,25,26,31)/t22-/m1/s1. The van der Waals surface area contributed by atoms with Crippen molar-refractivity contribution in [1.29, 1.82) is 0 Å². The Morgan fingerprint density at radius 2 is 1.97 bits per heavy atom. The van der Waals surface area contributed by atoms with Gasteiger partial charge in [-0.25, -0.2) is 0 Å². The summed E-state index contributed by atoms with van der Waals surface area (Å²) in [6.45, 7) is 6.26. The molecule has 0 amide bonds.